The molecule has 1 aliphatic carbocycles. The van der Waals surface area contributed by atoms with Crippen molar-refractivity contribution in [3.63, 3.8) is 0 Å². The Morgan fingerprint density at radius 3 is 2.37 bits per heavy atom. The van der Waals surface area contributed by atoms with E-state index in [1.807, 2.05) is 0 Å². The Bertz CT molecular complexity index is 400. The summed E-state index contributed by atoms with van der Waals surface area (Å²) in [6, 6.07) is 8.72. The highest BCUT2D eigenvalue weighted by atomic mass is 16.5. The van der Waals surface area contributed by atoms with Gasteiger partial charge in [0.05, 0.1) is 12.1 Å². The zero-order chi connectivity index (χ0) is 13.9. The van der Waals surface area contributed by atoms with Crippen LogP contribution in [0.3, 0.4) is 0 Å². The van der Waals surface area contributed by atoms with E-state index in [2.05, 4.69) is 43.0 Å². The molecule has 0 aliphatic heterocycles. The minimum atomic E-state index is -0.0429. The monoisotopic (exact) mass is 262 g/mol. The van der Waals surface area contributed by atoms with Gasteiger partial charge in [-0.05, 0) is 44.7 Å². The molecular formula is C16H26N2O. The largest absolute Gasteiger partial charge is 0.382 e. The van der Waals surface area contributed by atoms with Crippen molar-refractivity contribution in [1.82, 2.24) is 0 Å². The fourth-order valence-electron chi connectivity index (χ4n) is 3.10. The molecule has 3 heteroatoms. The number of likely N-dealkylation sites (N-methyl/N-ethyl adjacent to an activating group) is 1. The molecule has 0 saturated heterocycles. The Balaban J connectivity index is 2.33. The molecule has 1 saturated carbocycles. The third kappa shape index (κ3) is 2.77. The molecule has 1 unspecified atom stereocenters. The summed E-state index contributed by atoms with van der Waals surface area (Å²) in [6.45, 7) is 6.62. The van der Waals surface area contributed by atoms with E-state index in [0.717, 1.165) is 6.54 Å². The predicted molar refractivity (Wildman–Crippen MR) is 80.6 cm³/mol. The topological polar surface area (TPSA) is 38.5 Å². The third-order valence-electron chi connectivity index (χ3n) is 4.28. The van der Waals surface area contributed by atoms with Crippen molar-refractivity contribution >= 4 is 5.69 Å². The van der Waals surface area contributed by atoms with Crippen molar-refractivity contribution in [2.75, 3.05) is 31.7 Å². The molecule has 0 spiro atoms. The van der Waals surface area contributed by atoms with Gasteiger partial charge in [0, 0.05) is 25.9 Å². The number of nitrogens with zero attached hydrogens (tertiary/aromatic N) is 1. The Labute approximate surface area is 116 Å². The summed E-state index contributed by atoms with van der Waals surface area (Å²) in [5, 5.41) is 0. The minimum Gasteiger partial charge on any atom is -0.382 e. The number of methoxy groups -OCH3 is 1. The van der Waals surface area contributed by atoms with E-state index in [-0.39, 0.29) is 5.54 Å². The maximum atomic E-state index is 6.16. The fourth-order valence-corrected chi connectivity index (χ4v) is 3.10. The summed E-state index contributed by atoms with van der Waals surface area (Å²) in [5.41, 5.74) is 8.65. The molecule has 2 N–H and O–H groups in total. The maximum absolute atomic E-state index is 6.16. The summed E-state index contributed by atoms with van der Waals surface area (Å²) >= 11 is 0. The van der Waals surface area contributed by atoms with Gasteiger partial charge >= 0.3 is 0 Å². The second kappa shape index (κ2) is 5.93. The number of hydrogen-bond acceptors (Lipinski definition) is 3. The van der Waals surface area contributed by atoms with Crippen molar-refractivity contribution < 1.29 is 4.74 Å². The summed E-state index contributed by atoms with van der Waals surface area (Å²) in [7, 11) is 1.77. The van der Waals surface area contributed by atoms with Gasteiger partial charge in [-0.25, -0.2) is 0 Å². The van der Waals surface area contributed by atoms with Gasteiger partial charge in [0.1, 0.15) is 0 Å². The molecule has 2 rings (SSSR count). The van der Waals surface area contributed by atoms with Crippen LogP contribution in [0.5, 0.6) is 0 Å². The molecule has 0 heterocycles. The van der Waals surface area contributed by atoms with Crippen LogP contribution in [0, 0.1) is 12.8 Å². The van der Waals surface area contributed by atoms with Crippen LogP contribution in [0.25, 0.3) is 0 Å². The molecule has 0 bridgehead atoms. The van der Waals surface area contributed by atoms with Crippen molar-refractivity contribution in [2.45, 2.75) is 32.2 Å². The van der Waals surface area contributed by atoms with Crippen LogP contribution in [0.2, 0.25) is 0 Å². The molecule has 1 aromatic rings. The third-order valence-corrected chi connectivity index (χ3v) is 4.28. The van der Waals surface area contributed by atoms with Gasteiger partial charge < -0.3 is 15.4 Å². The zero-order valence-electron chi connectivity index (χ0n) is 12.4. The lowest BCUT2D eigenvalue weighted by Gasteiger charge is -2.44. The molecule has 0 aromatic heterocycles. The standard InChI is InChI=1S/C16H26N2O/c1-4-18(15-9-5-13(2)6-10-15)16(11-17,12-19-3)14-7-8-14/h5-6,9-10,14H,4,7-8,11-12,17H2,1-3H3. The molecule has 1 fully saturated rings. The number of aryl methyl sites for hydroxylation is 1. The number of rotatable bonds is 7. The average Bonchev–Trinajstić information content (AvgIpc) is 3.25. The lowest BCUT2D eigenvalue weighted by atomic mass is 9.90. The van der Waals surface area contributed by atoms with Crippen LogP contribution in [0.1, 0.15) is 25.3 Å². The lowest BCUT2D eigenvalue weighted by Crippen LogP contribution is -2.59. The van der Waals surface area contributed by atoms with Gasteiger partial charge in [0.25, 0.3) is 0 Å². The number of benzene rings is 1. The summed E-state index contributed by atoms with van der Waals surface area (Å²) in [6.07, 6.45) is 2.53. The van der Waals surface area contributed by atoms with E-state index in [1.165, 1.54) is 24.1 Å². The summed E-state index contributed by atoms with van der Waals surface area (Å²) in [4.78, 5) is 2.44. The lowest BCUT2D eigenvalue weighted by molar-refractivity contribution is 0.118. The van der Waals surface area contributed by atoms with Gasteiger partial charge in [-0.3, -0.25) is 0 Å². The Morgan fingerprint density at radius 2 is 1.95 bits per heavy atom. The first-order valence-corrected chi connectivity index (χ1v) is 7.21. The van der Waals surface area contributed by atoms with E-state index in [1.54, 1.807) is 7.11 Å². The molecule has 1 atom stereocenters. The second-order valence-electron chi connectivity index (χ2n) is 5.59. The van der Waals surface area contributed by atoms with Crippen LogP contribution in [0.15, 0.2) is 24.3 Å². The van der Waals surface area contributed by atoms with Crippen LogP contribution >= 0.6 is 0 Å². The minimum absolute atomic E-state index is 0.0429. The van der Waals surface area contributed by atoms with Gasteiger partial charge in [0.2, 0.25) is 0 Å². The second-order valence-corrected chi connectivity index (χ2v) is 5.59. The molecule has 1 aromatic carbocycles. The van der Waals surface area contributed by atoms with E-state index >= 15 is 0 Å². The molecule has 3 nitrogen and oxygen atoms in total. The molecular weight excluding hydrogens is 236 g/mol. The number of anilines is 1. The highest BCUT2D eigenvalue weighted by Gasteiger charge is 2.48. The van der Waals surface area contributed by atoms with Crippen molar-refractivity contribution in [1.29, 1.82) is 0 Å². The van der Waals surface area contributed by atoms with Crippen molar-refractivity contribution in [2.24, 2.45) is 11.7 Å². The van der Waals surface area contributed by atoms with E-state index < -0.39 is 0 Å². The van der Waals surface area contributed by atoms with E-state index in [0.29, 0.717) is 19.1 Å². The quantitative estimate of drug-likeness (QED) is 0.821. The molecule has 1 aliphatic rings. The predicted octanol–water partition coefficient (Wildman–Crippen LogP) is 2.58. The van der Waals surface area contributed by atoms with E-state index in [4.69, 9.17) is 10.5 Å². The number of nitrogens with two attached hydrogens (primary N) is 1. The Hall–Kier alpha value is -1.06. The molecule has 19 heavy (non-hydrogen) atoms. The van der Waals surface area contributed by atoms with Crippen LogP contribution in [-0.2, 0) is 4.74 Å². The van der Waals surface area contributed by atoms with Crippen LogP contribution in [0.4, 0.5) is 5.69 Å². The first kappa shape index (κ1) is 14.4. The van der Waals surface area contributed by atoms with Gasteiger partial charge in [-0.15, -0.1) is 0 Å². The SMILES string of the molecule is CCN(c1ccc(C)cc1)C(CN)(COC)C1CC1. The van der Waals surface area contributed by atoms with Crippen molar-refractivity contribution in [3.8, 4) is 0 Å². The number of ether oxygens (including phenoxy) is 1. The first-order valence-electron chi connectivity index (χ1n) is 7.21. The number of hydrogen-bond donors (Lipinski definition) is 1. The Morgan fingerprint density at radius 1 is 1.32 bits per heavy atom. The van der Waals surface area contributed by atoms with Gasteiger partial charge in [-0.2, -0.15) is 0 Å². The highest BCUT2D eigenvalue weighted by Crippen LogP contribution is 2.44. The summed E-state index contributed by atoms with van der Waals surface area (Å²) in [5.74, 6) is 0.665. The van der Waals surface area contributed by atoms with Crippen LogP contribution < -0.4 is 10.6 Å². The molecule has 0 amide bonds. The molecule has 0 radical (unpaired) electrons. The van der Waals surface area contributed by atoms with Gasteiger partial charge in [-0.1, -0.05) is 17.7 Å². The highest BCUT2D eigenvalue weighted by molar-refractivity contribution is 5.51. The average molecular weight is 262 g/mol. The maximum Gasteiger partial charge on any atom is 0.0784 e. The van der Waals surface area contributed by atoms with Gasteiger partial charge in [0.15, 0.2) is 0 Å². The van der Waals surface area contributed by atoms with Crippen LogP contribution in [-0.4, -0.2) is 32.3 Å². The summed E-state index contributed by atoms with van der Waals surface area (Å²) < 4.78 is 5.51. The zero-order valence-corrected chi connectivity index (χ0v) is 12.4. The van der Waals surface area contributed by atoms with E-state index in [9.17, 15) is 0 Å². The molecule has 106 valence electrons. The normalized spacial score (nSPS) is 18.1. The fraction of sp³-hybridized carbons (Fsp3) is 0.625. The van der Waals surface area contributed by atoms with Crippen molar-refractivity contribution in [3.05, 3.63) is 29.8 Å². The smallest absolute Gasteiger partial charge is 0.0784 e. The Kier molecular flexibility index (Phi) is 4.48. The first-order chi connectivity index (χ1) is 9.17.